The van der Waals surface area contributed by atoms with Crippen molar-refractivity contribution in [3.8, 4) is 5.75 Å². The van der Waals surface area contributed by atoms with Crippen molar-refractivity contribution in [2.75, 3.05) is 13.2 Å². The molecule has 214 valence electrons. The molecule has 4 heterocycles. The Balaban J connectivity index is 0.000000317. The van der Waals surface area contributed by atoms with Crippen LogP contribution in [0.2, 0.25) is 0 Å². The van der Waals surface area contributed by atoms with Gasteiger partial charge in [-0.15, -0.1) is 0 Å². The number of hydrogen-bond donors (Lipinski definition) is 2. The molecule has 0 unspecified atom stereocenters. The number of alkyl halides is 6. The quantitative estimate of drug-likeness (QED) is 0.534. The average molecular weight is 567 g/mol. The number of aliphatic carboxylic acids is 2. The van der Waals surface area contributed by atoms with E-state index in [0.717, 1.165) is 18.5 Å². The van der Waals surface area contributed by atoms with Gasteiger partial charge in [-0.2, -0.15) is 26.3 Å². The van der Waals surface area contributed by atoms with Crippen LogP contribution in [0.4, 0.5) is 26.3 Å². The number of amides is 1. The summed E-state index contributed by atoms with van der Waals surface area (Å²) in [4.78, 5) is 41.0. The van der Waals surface area contributed by atoms with Crippen molar-refractivity contribution >= 4 is 17.8 Å². The number of carboxylic acids is 2. The monoisotopic (exact) mass is 567 g/mol. The van der Waals surface area contributed by atoms with E-state index < -0.39 is 24.3 Å². The van der Waals surface area contributed by atoms with E-state index in [0.29, 0.717) is 24.5 Å². The van der Waals surface area contributed by atoms with E-state index in [9.17, 15) is 31.1 Å². The maximum absolute atomic E-state index is 13.0. The second-order valence-electron chi connectivity index (χ2n) is 8.14. The van der Waals surface area contributed by atoms with Crippen molar-refractivity contribution in [3.63, 3.8) is 0 Å². The summed E-state index contributed by atoms with van der Waals surface area (Å²) in [5.74, 6) is -4.82. The first-order valence-electron chi connectivity index (χ1n) is 11.1. The molecule has 2 aromatic rings. The Morgan fingerprint density at radius 2 is 1.64 bits per heavy atom. The van der Waals surface area contributed by atoms with Crippen molar-refractivity contribution in [2.24, 2.45) is 0 Å². The van der Waals surface area contributed by atoms with Gasteiger partial charge in [0, 0.05) is 24.7 Å². The smallest absolute Gasteiger partial charge is 0.484 e. The van der Waals surface area contributed by atoms with Gasteiger partial charge < -0.3 is 24.6 Å². The standard InChI is InChI=1S/C19H21N3O3.2C2HF3O2/c1-13-6-7-14(10-21-13)19(23)22-12-17(18-16(22)5-3-9-24-18)25-15-4-2-8-20-11-15;2*3-2(4,5)1(6)7/h2,4,6-8,10-11,16-18H,3,5,9,12H2,1H3;2*(H,6,7)/t16-,17-,18+;;/m1../s1. The molecule has 3 atom stereocenters. The lowest BCUT2D eigenvalue weighted by atomic mass is 10.0. The molecule has 0 spiro atoms. The molecule has 0 bridgehead atoms. The molecule has 2 fully saturated rings. The molecule has 39 heavy (non-hydrogen) atoms. The van der Waals surface area contributed by atoms with E-state index >= 15 is 0 Å². The number of aromatic nitrogens is 2. The Bertz CT molecular complexity index is 1090. The molecule has 2 aromatic heterocycles. The van der Waals surface area contributed by atoms with Gasteiger partial charge in [0.25, 0.3) is 5.91 Å². The fourth-order valence-corrected chi connectivity index (χ4v) is 3.60. The summed E-state index contributed by atoms with van der Waals surface area (Å²) in [5, 5.41) is 14.2. The molecule has 2 aliphatic rings. The summed E-state index contributed by atoms with van der Waals surface area (Å²) < 4.78 is 75.5. The maximum Gasteiger partial charge on any atom is 0.490 e. The summed E-state index contributed by atoms with van der Waals surface area (Å²) in [6.07, 6.45) is -3.52. The summed E-state index contributed by atoms with van der Waals surface area (Å²) >= 11 is 0. The molecule has 2 N–H and O–H groups in total. The van der Waals surface area contributed by atoms with E-state index in [1.54, 1.807) is 18.6 Å². The van der Waals surface area contributed by atoms with Gasteiger partial charge in [-0.25, -0.2) is 9.59 Å². The molecule has 1 amide bonds. The van der Waals surface area contributed by atoms with Gasteiger partial charge in [-0.3, -0.25) is 14.8 Å². The fraction of sp³-hybridized carbons (Fsp3) is 0.435. The van der Waals surface area contributed by atoms with E-state index in [1.165, 1.54) is 0 Å². The normalized spacial score (nSPS) is 20.4. The minimum absolute atomic E-state index is 0.00899. The van der Waals surface area contributed by atoms with Crippen molar-refractivity contribution < 1.29 is 60.4 Å². The van der Waals surface area contributed by atoms with Crippen LogP contribution >= 0.6 is 0 Å². The van der Waals surface area contributed by atoms with Crippen LogP contribution in [0.25, 0.3) is 0 Å². The number of carbonyl (C=O) groups is 3. The van der Waals surface area contributed by atoms with E-state index in [1.807, 2.05) is 36.1 Å². The Labute approximate surface area is 217 Å². The number of aryl methyl sites for hydroxylation is 1. The zero-order valence-corrected chi connectivity index (χ0v) is 20.1. The topological polar surface area (TPSA) is 139 Å². The van der Waals surface area contributed by atoms with Crippen molar-refractivity contribution in [3.05, 3.63) is 54.1 Å². The fourth-order valence-electron chi connectivity index (χ4n) is 3.60. The molecule has 4 rings (SSSR count). The third kappa shape index (κ3) is 9.38. The first-order chi connectivity index (χ1) is 18.1. The summed E-state index contributed by atoms with van der Waals surface area (Å²) in [6, 6.07) is 7.45. The Kier molecular flexibility index (Phi) is 10.6. The highest BCUT2D eigenvalue weighted by molar-refractivity contribution is 5.94. The van der Waals surface area contributed by atoms with Crippen LogP contribution < -0.4 is 4.74 Å². The van der Waals surface area contributed by atoms with Gasteiger partial charge in [0.1, 0.15) is 18.0 Å². The van der Waals surface area contributed by atoms with Gasteiger partial charge in [0.05, 0.1) is 24.3 Å². The van der Waals surface area contributed by atoms with Crippen molar-refractivity contribution in [1.29, 1.82) is 0 Å². The highest BCUT2D eigenvalue weighted by Gasteiger charge is 2.47. The van der Waals surface area contributed by atoms with Gasteiger partial charge in [0.15, 0.2) is 0 Å². The first kappa shape index (κ1) is 31.3. The van der Waals surface area contributed by atoms with Crippen molar-refractivity contribution in [1.82, 2.24) is 14.9 Å². The van der Waals surface area contributed by atoms with Crippen LogP contribution in [0.1, 0.15) is 28.9 Å². The number of likely N-dealkylation sites (tertiary alicyclic amines) is 1. The lowest BCUT2D eigenvalue weighted by molar-refractivity contribution is -0.193. The third-order valence-electron chi connectivity index (χ3n) is 5.30. The average Bonchev–Trinajstić information content (AvgIpc) is 3.23. The summed E-state index contributed by atoms with van der Waals surface area (Å²) in [6.45, 7) is 3.13. The number of nitrogens with zero attached hydrogens (tertiary/aromatic N) is 3. The van der Waals surface area contributed by atoms with Crippen LogP contribution in [0.15, 0.2) is 42.9 Å². The lowest BCUT2D eigenvalue weighted by Gasteiger charge is -2.32. The maximum atomic E-state index is 13.0. The predicted octanol–water partition coefficient (Wildman–Crippen LogP) is 3.50. The molecule has 2 saturated heterocycles. The van der Waals surface area contributed by atoms with Crippen molar-refractivity contribution in [2.45, 2.75) is 50.4 Å². The molecular weight excluding hydrogens is 544 g/mol. The molecule has 16 heteroatoms. The molecule has 0 aliphatic carbocycles. The second-order valence-corrected chi connectivity index (χ2v) is 8.14. The number of carbonyl (C=O) groups excluding carboxylic acids is 1. The molecule has 0 radical (unpaired) electrons. The number of rotatable bonds is 3. The van der Waals surface area contributed by atoms with Crippen LogP contribution in [-0.4, -0.2) is 86.7 Å². The molecule has 2 aliphatic heterocycles. The Morgan fingerprint density at radius 3 is 2.13 bits per heavy atom. The van der Waals surface area contributed by atoms with Crippen LogP contribution in [-0.2, 0) is 14.3 Å². The number of fused-ring (bicyclic) bond motifs is 1. The van der Waals surface area contributed by atoms with E-state index in [2.05, 4.69) is 9.97 Å². The summed E-state index contributed by atoms with van der Waals surface area (Å²) in [7, 11) is 0. The molecular formula is C23H23F6N3O7. The van der Waals surface area contributed by atoms with Gasteiger partial charge in [-0.05, 0) is 44.0 Å². The first-order valence-corrected chi connectivity index (χ1v) is 11.1. The SMILES string of the molecule is Cc1ccc(C(=O)N2C[C@@H](Oc3cccnc3)[C@H]3OCCC[C@H]32)cn1.O=C(O)C(F)(F)F.O=C(O)C(F)(F)F. The minimum atomic E-state index is -5.08. The molecule has 0 aromatic carbocycles. The summed E-state index contributed by atoms with van der Waals surface area (Å²) in [5.41, 5.74) is 1.51. The largest absolute Gasteiger partial charge is 0.490 e. The predicted molar refractivity (Wildman–Crippen MR) is 119 cm³/mol. The Hall–Kier alpha value is -3.95. The van der Waals surface area contributed by atoms with E-state index in [-0.39, 0.29) is 24.2 Å². The zero-order chi connectivity index (χ0) is 29.4. The number of ether oxygens (including phenoxy) is 2. The van der Waals surface area contributed by atoms with Gasteiger partial charge in [0.2, 0.25) is 0 Å². The van der Waals surface area contributed by atoms with Crippen LogP contribution in [0.3, 0.4) is 0 Å². The molecule has 0 saturated carbocycles. The second kappa shape index (κ2) is 13.2. The third-order valence-corrected chi connectivity index (χ3v) is 5.30. The number of hydrogen-bond acceptors (Lipinski definition) is 7. The van der Waals surface area contributed by atoms with Gasteiger partial charge >= 0.3 is 24.3 Å². The highest BCUT2D eigenvalue weighted by atomic mass is 19.4. The molecule has 10 nitrogen and oxygen atoms in total. The van der Waals surface area contributed by atoms with Crippen LogP contribution in [0.5, 0.6) is 5.75 Å². The Morgan fingerprint density at radius 1 is 1.03 bits per heavy atom. The number of carboxylic acid groups (broad SMARTS) is 2. The minimum Gasteiger partial charge on any atom is -0.484 e. The number of halogens is 6. The van der Waals surface area contributed by atoms with E-state index in [4.69, 9.17) is 29.3 Å². The van der Waals surface area contributed by atoms with Gasteiger partial charge in [-0.1, -0.05) is 0 Å². The zero-order valence-electron chi connectivity index (χ0n) is 20.1. The van der Waals surface area contributed by atoms with Crippen LogP contribution in [0, 0.1) is 6.92 Å². The highest BCUT2D eigenvalue weighted by Crippen LogP contribution is 2.32. The number of pyridine rings is 2. The lowest BCUT2D eigenvalue weighted by Crippen LogP contribution is -2.44.